The van der Waals surface area contributed by atoms with Crippen LogP contribution in [0, 0.1) is 0 Å². The lowest BCUT2D eigenvalue weighted by Gasteiger charge is -2.37. The molecule has 0 saturated carbocycles. The fraction of sp³-hybridized carbons (Fsp3) is 0.103. The first-order chi connectivity index (χ1) is 17.8. The minimum Gasteiger partial charge on any atom is -0.292 e. The van der Waals surface area contributed by atoms with E-state index in [1.807, 2.05) is 59.6 Å². The zero-order valence-corrected chi connectivity index (χ0v) is 23.4. The fourth-order valence-corrected chi connectivity index (χ4v) is 8.82. The molecule has 0 N–H and O–H groups in total. The Balaban J connectivity index is 1.64. The van der Waals surface area contributed by atoms with E-state index in [1.54, 1.807) is 18.7 Å². The molecule has 4 aromatic rings. The number of halogens is 3. The van der Waals surface area contributed by atoms with Crippen molar-refractivity contribution in [1.29, 1.82) is 0 Å². The number of rotatable bonds is 4. The van der Waals surface area contributed by atoms with Crippen molar-refractivity contribution in [3.05, 3.63) is 134 Å². The molecular formula is C29H19Cl3N2OS2. The average molecular weight is 582 g/mol. The van der Waals surface area contributed by atoms with Crippen LogP contribution >= 0.6 is 58.3 Å². The number of thioether (sulfide) groups is 2. The van der Waals surface area contributed by atoms with E-state index in [4.69, 9.17) is 39.9 Å². The fourth-order valence-electron chi connectivity index (χ4n) is 4.88. The van der Waals surface area contributed by atoms with Gasteiger partial charge in [0.05, 0.1) is 10.4 Å². The van der Waals surface area contributed by atoms with Crippen LogP contribution in [0.3, 0.4) is 0 Å². The molecule has 1 atom stereocenters. The summed E-state index contributed by atoms with van der Waals surface area (Å²) in [6.07, 6.45) is 0. The maximum atomic E-state index is 12.7. The van der Waals surface area contributed by atoms with Crippen molar-refractivity contribution in [2.45, 2.75) is 15.9 Å². The van der Waals surface area contributed by atoms with Gasteiger partial charge in [-0.15, -0.1) is 0 Å². The summed E-state index contributed by atoms with van der Waals surface area (Å²) >= 11 is 22.1. The second-order valence-corrected chi connectivity index (χ2v) is 12.9. The van der Waals surface area contributed by atoms with E-state index >= 15 is 0 Å². The van der Waals surface area contributed by atoms with E-state index in [-0.39, 0.29) is 5.78 Å². The maximum Gasteiger partial charge on any atom is 0.187 e. The average Bonchev–Trinajstić information content (AvgIpc) is 3.43. The van der Waals surface area contributed by atoms with Gasteiger partial charge < -0.3 is 0 Å². The van der Waals surface area contributed by atoms with Crippen LogP contribution in [0.4, 0.5) is 5.69 Å². The van der Waals surface area contributed by atoms with E-state index in [0.717, 1.165) is 27.9 Å². The first kappa shape index (κ1) is 24.9. The summed E-state index contributed by atoms with van der Waals surface area (Å²) in [4.78, 5) is 12.7. The molecule has 0 aromatic heterocycles. The van der Waals surface area contributed by atoms with Crippen LogP contribution in [0.2, 0.25) is 15.1 Å². The molecule has 3 nitrogen and oxygen atoms in total. The monoisotopic (exact) mass is 580 g/mol. The second-order valence-electron chi connectivity index (χ2n) is 8.78. The van der Waals surface area contributed by atoms with Gasteiger partial charge >= 0.3 is 0 Å². The van der Waals surface area contributed by atoms with E-state index in [0.29, 0.717) is 20.1 Å². The van der Waals surface area contributed by atoms with Crippen LogP contribution < -0.4 is 5.01 Å². The molecule has 0 radical (unpaired) electrons. The van der Waals surface area contributed by atoms with Gasteiger partial charge in [0.25, 0.3) is 0 Å². The van der Waals surface area contributed by atoms with Crippen molar-refractivity contribution >= 4 is 74.8 Å². The van der Waals surface area contributed by atoms with Gasteiger partial charge in [-0.2, -0.15) is 5.10 Å². The maximum absolute atomic E-state index is 12.7. The summed E-state index contributed by atoms with van der Waals surface area (Å²) in [7, 11) is 0. The van der Waals surface area contributed by atoms with E-state index in [9.17, 15) is 4.79 Å². The number of carbonyl (C=O) groups is 1. The highest BCUT2D eigenvalue weighted by molar-refractivity contribution is 8.27. The zero-order chi connectivity index (χ0) is 25.8. The number of anilines is 1. The quantitative estimate of drug-likeness (QED) is 0.241. The van der Waals surface area contributed by atoms with Crippen molar-refractivity contribution in [1.82, 2.24) is 0 Å². The highest BCUT2D eigenvalue weighted by Crippen LogP contribution is 2.70. The lowest BCUT2D eigenvalue weighted by Crippen LogP contribution is -2.34. The highest BCUT2D eigenvalue weighted by atomic mass is 35.5. The number of carbonyl (C=O) groups excluding carboxylic acids is 1. The van der Waals surface area contributed by atoms with Gasteiger partial charge in [-0.3, -0.25) is 4.79 Å². The van der Waals surface area contributed by atoms with E-state index < -0.39 is 8.95 Å². The molecule has 37 heavy (non-hydrogen) atoms. The first-order valence-corrected chi connectivity index (χ1v) is 14.3. The third-order valence-corrected chi connectivity index (χ3v) is 10.7. The Hall–Kier alpha value is -2.41. The predicted octanol–water partition coefficient (Wildman–Crippen LogP) is 8.95. The van der Waals surface area contributed by atoms with Crippen molar-refractivity contribution in [2.24, 2.45) is 5.10 Å². The molecule has 0 bridgehead atoms. The lowest BCUT2D eigenvalue weighted by molar-refractivity contribution is -0.110. The minimum absolute atomic E-state index is 0.0746. The summed E-state index contributed by atoms with van der Waals surface area (Å²) in [5.41, 5.74) is 5.18. The van der Waals surface area contributed by atoms with Gasteiger partial charge in [0.1, 0.15) is 0 Å². The number of hydrogen-bond donors (Lipinski definition) is 0. The molecular weight excluding hydrogens is 563 g/mol. The molecule has 0 fully saturated rings. The Morgan fingerprint density at radius 1 is 0.730 bits per heavy atom. The normalized spacial score (nSPS) is 19.7. The van der Waals surface area contributed by atoms with Gasteiger partial charge in [-0.25, -0.2) is 5.01 Å². The molecule has 1 spiro atoms. The largest absolute Gasteiger partial charge is 0.292 e. The van der Waals surface area contributed by atoms with E-state index in [2.05, 4.69) is 42.5 Å². The highest BCUT2D eigenvalue weighted by Gasteiger charge is 2.61. The molecule has 0 saturated heterocycles. The number of nitrogens with zero attached hydrogens (tertiary/aromatic N) is 2. The standard InChI is InChI=1S/C29H19Cl3N2OS2/c1-18(35)27-33-34(24-16-14-23(32)15-17-24)29(36-27)26-5-3-2-4-25(26)28(37-29,19-6-10-21(30)11-7-19)20-8-12-22(31)13-9-20/h2-17H,1H3. The van der Waals surface area contributed by atoms with Crippen molar-refractivity contribution in [3.63, 3.8) is 0 Å². The molecule has 8 heteroatoms. The number of Topliss-reactive ketones (excluding diaryl/α,β-unsaturated/α-hetero) is 1. The Bertz CT molecular complexity index is 1490. The number of hydrazone groups is 1. The summed E-state index contributed by atoms with van der Waals surface area (Å²) in [5.74, 6) is -0.0746. The molecule has 2 heterocycles. The SMILES string of the molecule is CC(=O)C1=NN(c2ccc(Cl)cc2)C2(S1)SC(c1ccc(Cl)cc1)(c1ccc(Cl)cc1)c1ccccc12. The molecule has 4 aromatic carbocycles. The van der Waals surface area contributed by atoms with Gasteiger partial charge in [0, 0.05) is 27.6 Å². The van der Waals surface area contributed by atoms with Crippen molar-refractivity contribution in [2.75, 3.05) is 5.01 Å². The predicted molar refractivity (Wildman–Crippen MR) is 158 cm³/mol. The lowest BCUT2D eigenvalue weighted by atomic mass is 9.82. The van der Waals surface area contributed by atoms with Crippen LogP contribution in [-0.4, -0.2) is 10.8 Å². The van der Waals surface area contributed by atoms with E-state index in [1.165, 1.54) is 11.8 Å². The van der Waals surface area contributed by atoms with Gasteiger partial charge in [-0.1, -0.05) is 107 Å². The Morgan fingerprint density at radius 3 is 1.73 bits per heavy atom. The van der Waals surface area contributed by atoms with Crippen LogP contribution in [0.25, 0.3) is 0 Å². The Kier molecular flexibility index (Phi) is 6.33. The van der Waals surface area contributed by atoms with Gasteiger partial charge in [0.2, 0.25) is 0 Å². The first-order valence-electron chi connectivity index (χ1n) is 11.5. The number of hydrogen-bond acceptors (Lipinski definition) is 5. The van der Waals surface area contributed by atoms with Gasteiger partial charge in [0.15, 0.2) is 15.0 Å². The van der Waals surface area contributed by atoms with Crippen LogP contribution in [0.15, 0.2) is 102 Å². The molecule has 2 aliphatic heterocycles. The zero-order valence-electron chi connectivity index (χ0n) is 19.5. The molecule has 2 aliphatic rings. The van der Waals surface area contributed by atoms with Crippen LogP contribution in [0.5, 0.6) is 0 Å². The number of benzene rings is 4. The number of fused-ring (bicyclic) bond motifs is 2. The van der Waals surface area contributed by atoms with Gasteiger partial charge in [-0.05, 0) is 65.2 Å². The summed E-state index contributed by atoms with van der Waals surface area (Å²) < 4.78 is -1.37. The third-order valence-electron chi connectivity index (χ3n) is 6.52. The number of ketones is 1. The van der Waals surface area contributed by atoms with Crippen molar-refractivity contribution in [3.8, 4) is 0 Å². The second kappa shape index (κ2) is 9.40. The molecule has 6 rings (SSSR count). The summed E-state index contributed by atoms with van der Waals surface area (Å²) in [5, 5.41) is 9.25. The van der Waals surface area contributed by atoms with Crippen LogP contribution in [0.1, 0.15) is 29.2 Å². The summed E-state index contributed by atoms with van der Waals surface area (Å²) in [6.45, 7) is 1.56. The molecule has 0 amide bonds. The van der Waals surface area contributed by atoms with Crippen LogP contribution in [-0.2, 0) is 13.7 Å². The molecule has 1 unspecified atom stereocenters. The Morgan fingerprint density at radius 2 is 1.22 bits per heavy atom. The topological polar surface area (TPSA) is 32.7 Å². The third kappa shape index (κ3) is 4.00. The summed E-state index contributed by atoms with van der Waals surface area (Å²) in [6, 6.07) is 31.9. The molecule has 0 aliphatic carbocycles. The van der Waals surface area contributed by atoms with Crippen molar-refractivity contribution < 1.29 is 4.79 Å². The smallest absolute Gasteiger partial charge is 0.187 e. The Labute approximate surface area is 238 Å². The minimum atomic E-state index is -0.745. The molecule has 184 valence electrons.